The van der Waals surface area contributed by atoms with Crippen LogP contribution in [0.2, 0.25) is 5.02 Å². The van der Waals surface area contributed by atoms with Crippen molar-refractivity contribution >= 4 is 55.8 Å². The number of nitrogens with one attached hydrogen (secondary N) is 1. The quantitative estimate of drug-likeness (QED) is 0.625. The van der Waals surface area contributed by atoms with Gasteiger partial charge in [-0.1, -0.05) is 39.7 Å². The summed E-state index contributed by atoms with van der Waals surface area (Å²) in [5, 5.41) is 3.90. The summed E-state index contributed by atoms with van der Waals surface area (Å²) < 4.78 is 14.9. The number of hydrogen-bond acceptors (Lipinski definition) is 1. The van der Waals surface area contributed by atoms with Crippen molar-refractivity contribution in [2.45, 2.75) is 6.54 Å². The lowest BCUT2D eigenvalue weighted by Gasteiger charge is -2.10. The Balaban J connectivity index is 2.14. The number of hydrogen-bond donors (Lipinski definition) is 1. The summed E-state index contributed by atoms with van der Waals surface area (Å²) in [6.07, 6.45) is 0. The molecular formula is C13H9BrClFIN. The van der Waals surface area contributed by atoms with E-state index >= 15 is 0 Å². The lowest BCUT2D eigenvalue weighted by Crippen LogP contribution is -2.02. The monoisotopic (exact) mass is 439 g/mol. The second-order valence-electron chi connectivity index (χ2n) is 3.69. The first-order valence-corrected chi connectivity index (χ1v) is 7.44. The SMILES string of the molecule is Fc1cccc(NCc2ccc(Cl)cc2Br)c1I. The molecule has 2 aromatic rings. The van der Waals surface area contributed by atoms with E-state index in [1.54, 1.807) is 6.07 Å². The molecule has 0 radical (unpaired) electrons. The highest BCUT2D eigenvalue weighted by atomic mass is 127. The second kappa shape index (κ2) is 6.21. The number of rotatable bonds is 3. The molecule has 0 aliphatic rings. The Bertz CT molecular complexity index is 577. The Labute approximate surface area is 132 Å². The van der Waals surface area contributed by atoms with E-state index in [-0.39, 0.29) is 5.82 Å². The van der Waals surface area contributed by atoms with Gasteiger partial charge in [0.2, 0.25) is 0 Å². The first-order chi connectivity index (χ1) is 8.58. The van der Waals surface area contributed by atoms with Gasteiger partial charge >= 0.3 is 0 Å². The minimum atomic E-state index is -0.212. The molecule has 0 aromatic heterocycles. The Morgan fingerprint density at radius 2 is 2.06 bits per heavy atom. The molecule has 0 saturated carbocycles. The Hall–Kier alpha value is -0.330. The Kier molecular flexibility index (Phi) is 4.86. The molecule has 0 saturated heterocycles. The van der Waals surface area contributed by atoms with Crippen LogP contribution in [0.5, 0.6) is 0 Å². The summed E-state index contributed by atoms with van der Waals surface area (Å²) in [7, 11) is 0. The Morgan fingerprint density at radius 1 is 1.28 bits per heavy atom. The maximum Gasteiger partial charge on any atom is 0.138 e. The second-order valence-corrected chi connectivity index (χ2v) is 6.06. The van der Waals surface area contributed by atoms with Crippen LogP contribution in [0.25, 0.3) is 0 Å². The molecule has 18 heavy (non-hydrogen) atoms. The minimum absolute atomic E-state index is 0.212. The van der Waals surface area contributed by atoms with Gasteiger partial charge in [-0.05, 0) is 52.4 Å². The zero-order valence-electron chi connectivity index (χ0n) is 9.18. The summed E-state index contributed by atoms with van der Waals surface area (Å²) in [6, 6.07) is 10.6. The van der Waals surface area contributed by atoms with Crippen LogP contribution in [0.4, 0.5) is 10.1 Å². The third-order valence-corrected chi connectivity index (χ3v) is 4.51. The van der Waals surface area contributed by atoms with Crippen LogP contribution in [-0.2, 0) is 6.54 Å². The molecule has 0 unspecified atom stereocenters. The van der Waals surface area contributed by atoms with Crippen LogP contribution in [0.15, 0.2) is 40.9 Å². The lowest BCUT2D eigenvalue weighted by molar-refractivity contribution is 0.621. The van der Waals surface area contributed by atoms with Gasteiger partial charge < -0.3 is 5.32 Å². The third-order valence-electron chi connectivity index (χ3n) is 2.44. The first-order valence-electron chi connectivity index (χ1n) is 5.20. The molecule has 2 aromatic carbocycles. The normalized spacial score (nSPS) is 10.4. The summed E-state index contributed by atoms with van der Waals surface area (Å²) in [5.74, 6) is -0.212. The lowest BCUT2D eigenvalue weighted by atomic mass is 10.2. The average Bonchev–Trinajstić information content (AvgIpc) is 2.33. The molecule has 1 nitrogen and oxygen atoms in total. The number of anilines is 1. The average molecular weight is 440 g/mol. The van der Waals surface area contributed by atoms with Crippen LogP contribution in [-0.4, -0.2) is 0 Å². The molecule has 94 valence electrons. The molecule has 0 aliphatic carbocycles. The molecule has 0 amide bonds. The van der Waals surface area contributed by atoms with Crippen molar-refractivity contribution in [1.29, 1.82) is 0 Å². The topological polar surface area (TPSA) is 12.0 Å². The van der Waals surface area contributed by atoms with E-state index < -0.39 is 0 Å². The van der Waals surface area contributed by atoms with Crippen molar-refractivity contribution in [3.63, 3.8) is 0 Å². The molecule has 0 spiro atoms. The van der Waals surface area contributed by atoms with Gasteiger partial charge in [-0.25, -0.2) is 4.39 Å². The molecule has 5 heteroatoms. The van der Waals surface area contributed by atoms with Gasteiger partial charge in [0.1, 0.15) is 5.82 Å². The first kappa shape index (κ1) is 14.1. The molecule has 0 atom stereocenters. The van der Waals surface area contributed by atoms with Crippen LogP contribution >= 0.6 is 50.1 Å². The predicted octanol–water partition coefficient (Wildman–Crippen LogP) is 5.46. The van der Waals surface area contributed by atoms with Gasteiger partial charge in [0.15, 0.2) is 0 Å². The number of benzene rings is 2. The van der Waals surface area contributed by atoms with Gasteiger partial charge in [0, 0.05) is 16.0 Å². The molecule has 0 fully saturated rings. The smallest absolute Gasteiger partial charge is 0.138 e. The highest BCUT2D eigenvalue weighted by Crippen LogP contribution is 2.25. The molecule has 1 N–H and O–H groups in total. The molecule has 0 aliphatic heterocycles. The van der Waals surface area contributed by atoms with Crippen LogP contribution in [0.1, 0.15) is 5.56 Å². The van der Waals surface area contributed by atoms with Crippen LogP contribution < -0.4 is 5.32 Å². The minimum Gasteiger partial charge on any atom is -0.380 e. The van der Waals surface area contributed by atoms with E-state index in [1.165, 1.54) is 6.07 Å². The summed E-state index contributed by atoms with van der Waals surface area (Å²) in [4.78, 5) is 0. The maximum absolute atomic E-state index is 13.4. The van der Waals surface area contributed by atoms with Crippen molar-refractivity contribution in [2.24, 2.45) is 0 Å². The fourth-order valence-electron chi connectivity index (χ4n) is 1.50. The van der Waals surface area contributed by atoms with E-state index in [0.717, 1.165) is 15.7 Å². The van der Waals surface area contributed by atoms with Crippen molar-refractivity contribution in [3.05, 3.63) is 60.8 Å². The zero-order chi connectivity index (χ0) is 13.1. The maximum atomic E-state index is 13.4. The summed E-state index contributed by atoms with van der Waals surface area (Å²) in [5.41, 5.74) is 1.86. The largest absolute Gasteiger partial charge is 0.380 e. The van der Waals surface area contributed by atoms with Gasteiger partial charge in [-0.3, -0.25) is 0 Å². The summed E-state index contributed by atoms with van der Waals surface area (Å²) in [6.45, 7) is 0.608. The molecular weight excluding hydrogens is 431 g/mol. The standard InChI is InChI=1S/C13H9BrClFIN/c14-10-6-9(15)5-4-8(10)7-18-12-3-1-2-11(16)13(12)17/h1-6,18H,7H2. The van der Waals surface area contributed by atoms with Gasteiger partial charge in [-0.15, -0.1) is 0 Å². The number of halogens is 4. The highest BCUT2D eigenvalue weighted by molar-refractivity contribution is 14.1. The Morgan fingerprint density at radius 3 is 2.78 bits per heavy atom. The van der Waals surface area contributed by atoms with E-state index in [0.29, 0.717) is 15.1 Å². The summed E-state index contributed by atoms with van der Waals surface area (Å²) >= 11 is 11.3. The van der Waals surface area contributed by atoms with E-state index in [1.807, 2.05) is 46.9 Å². The predicted molar refractivity (Wildman–Crippen MR) is 85.6 cm³/mol. The molecule has 0 heterocycles. The van der Waals surface area contributed by atoms with Gasteiger partial charge in [-0.2, -0.15) is 0 Å². The van der Waals surface area contributed by atoms with E-state index in [4.69, 9.17) is 11.6 Å². The van der Waals surface area contributed by atoms with Crippen molar-refractivity contribution < 1.29 is 4.39 Å². The van der Waals surface area contributed by atoms with Crippen molar-refractivity contribution in [3.8, 4) is 0 Å². The fourth-order valence-corrected chi connectivity index (χ4v) is 2.87. The fraction of sp³-hybridized carbons (Fsp3) is 0.0769. The van der Waals surface area contributed by atoms with Crippen molar-refractivity contribution in [2.75, 3.05) is 5.32 Å². The third kappa shape index (κ3) is 3.36. The highest BCUT2D eigenvalue weighted by Gasteiger charge is 2.06. The van der Waals surface area contributed by atoms with Gasteiger partial charge in [0.25, 0.3) is 0 Å². The van der Waals surface area contributed by atoms with E-state index in [2.05, 4.69) is 21.2 Å². The van der Waals surface area contributed by atoms with Crippen molar-refractivity contribution in [1.82, 2.24) is 0 Å². The zero-order valence-corrected chi connectivity index (χ0v) is 13.7. The van der Waals surface area contributed by atoms with E-state index in [9.17, 15) is 4.39 Å². The van der Waals surface area contributed by atoms with Crippen LogP contribution in [0.3, 0.4) is 0 Å². The van der Waals surface area contributed by atoms with Gasteiger partial charge in [0.05, 0.1) is 9.26 Å². The molecule has 0 bridgehead atoms. The van der Waals surface area contributed by atoms with Crippen LogP contribution in [0, 0.1) is 9.39 Å². The molecule has 2 rings (SSSR count).